The van der Waals surface area contributed by atoms with Gasteiger partial charge in [-0.15, -0.1) is 0 Å². The first-order valence-corrected chi connectivity index (χ1v) is 3.69. The van der Waals surface area contributed by atoms with Crippen molar-refractivity contribution in [3.8, 4) is 0 Å². The van der Waals surface area contributed by atoms with Gasteiger partial charge in [-0.2, -0.15) is 5.10 Å². The number of rotatable bonds is 0. The SMILES string of the molecule is Cc1ccc2ccnn2c1C. The molecular formula is C9H10N2. The normalized spacial score (nSPS) is 10.7. The Balaban J connectivity index is 2.93. The molecule has 0 aliphatic carbocycles. The Morgan fingerprint density at radius 2 is 2.00 bits per heavy atom. The topological polar surface area (TPSA) is 17.3 Å². The van der Waals surface area contributed by atoms with Crippen LogP contribution in [0.3, 0.4) is 0 Å². The Bertz CT molecular complexity index is 387. The van der Waals surface area contributed by atoms with Gasteiger partial charge < -0.3 is 0 Å². The van der Waals surface area contributed by atoms with E-state index in [9.17, 15) is 0 Å². The highest BCUT2D eigenvalue weighted by Gasteiger charge is 1.97. The quantitative estimate of drug-likeness (QED) is 0.555. The van der Waals surface area contributed by atoms with Crippen molar-refractivity contribution in [1.29, 1.82) is 0 Å². The minimum atomic E-state index is 1.16. The van der Waals surface area contributed by atoms with Crippen LogP contribution in [0.4, 0.5) is 0 Å². The zero-order valence-electron chi connectivity index (χ0n) is 6.70. The number of fused-ring (bicyclic) bond motifs is 1. The van der Waals surface area contributed by atoms with Gasteiger partial charge in [0.15, 0.2) is 0 Å². The summed E-state index contributed by atoms with van der Waals surface area (Å²) in [6.45, 7) is 4.17. The van der Waals surface area contributed by atoms with E-state index < -0.39 is 0 Å². The van der Waals surface area contributed by atoms with Crippen LogP contribution in [-0.4, -0.2) is 9.61 Å². The zero-order valence-corrected chi connectivity index (χ0v) is 6.70. The van der Waals surface area contributed by atoms with Gasteiger partial charge in [0.1, 0.15) is 0 Å². The van der Waals surface area contributed by atoms with Crippen molar-refractivity contribution in [2.45, 2.75) is 13.8 Å². The van der Waals surface area contributed by atoms with Crippen LogP contribution in [0.25, 0.3) is 5.52 Å². The Morgan fingerprint density at radius 3 is 2.82 bits per heavy atom. The number of nitrogens with zero attached hydrogens (tertiary/aromatic N) is 2. The first kappa shape index (κ1) is 6.40. The summed E-state index contributed by atoms with van der Waals surface area (Å²) >= 11 is 0. The molecule has 0 aromatic carbocycles. The van der Waals surface area contributed by atoms with Gasteiger partial charge in [-0.05, 0) is 31.5 Å². The van der Waals surface area contributed by atoms with Crippen molar-refractivity contribution < 1.29 is 0 Å². The lowest BCUT2D eigenvalue weighted by atomic mass is 10.2. The molecule has 56 valence electrons. The van der Waals surface area contributed by atoms with E-state index in [-0.39, 0.29) is 0 Å². The molecule has 0 aliphatic heterocycles. The maximum atomic E-state index is 4.20. The van der Waals surface area contributed by atoms with E-state index >= 15 is 0 Å². The molecule has 2 heterocycles. The summed E-state index contributed by atoms with van der Waals surface area (Å²) in [5.74, 6) is 0. The predicted octanol–water partition coefficient (Wildman–Crippen LogP) is 1.95. The van der Waals surface area contributed by atoms with Crippen molar-refractivity contribution in [2.24, 2.45) is 0 Å². The minimum absolute atomic E-state index is 1.16. The maximum absolute atomic E-state index is 4.20. The maximum Gasteiger partial charge on any atom is 0.0664 e. The molecule has 2 nitrogen and oxygen atoms in total. The van der Waals surface area contributed by atoms with Crippen molar-refractivity contribution in [3.05, 3.63) is 35.7 Å². The van der Waals surface area contributed by atoms with Crippen LogP contribution in [0.2, 0.25) is 0 Å². The van der Waals surface area contributed by atoms with E-state index in [0.29, 0.717) is 0 Å². The number of hydrogen-bond donors (Lipinski definition) is 0. The standard InChI is InChI=1S/C9H10N2/c1-7-3-4-9-5-6-10-11(9)8(7)2/h3-6H,1-2H3. The average molecular weight is 146 g/mol. The molecule has 0 spiro atoms. The molecule has 0 fully saturated rings. The van der Waals surface area contributed by atoms with Crippen LogP contribution in [-0.2, 0) is 0 Å². The van der Waals surface area contributed by atoms with Crippen LogP contribution in [0, 0.1) is 13.8 Å². The van der Waals surface area contributed by atoms with Gasteiger partial charge in [0.25, 0.3) is 0 Å². The second-order valence-electron chi connectivity index (χ2n) is 2.77. The molecule has 0 saturated carbocycles. The molecule has 2 heteroatoms. The van der Waals surface area contributed by atoms with E-state index in [4.69, 9.17) is 0 Å². The molecule has 0 atom stereocenters. The third-order valence-corrected chi connectivity index (χ3v) is 2.06. The Hall–Kier alpha value is -1.31. The molecule has 0 radical (unpaired) electrons. The van der Waals surface area contributed by atoms with Crippen LogP contribution in [0.15, 0.2) is 24.4 Å². The molecule has 2 aromatic rings. The van der Waals surface area contributed by atoms with Gasteiger partial charge in [0.2, 0.25) is 0 Å². The second kappa shape index (κ2) is 2.09. The van der Waals surface area contributed by atoms with E-state index in [1.807, 2.05) is 16.8 Å². The summed E-state index contributed by atoms with van der Waals surface area (Å²) in [6, 6.07) is 6.20. The van der Waals surface area contributed by atoms with Crippen molar-refractivity contribution in [1.82, 2.24) is 9.61 Å². The van der Waals surface area contributed by atoms with Crippen LogP contribution in [0.1, 0.15) is 11.3 Å². The Morgan fingerprint density at radius 1 is 1.18 bits per heavy atom. The van der Waals surface area contributed by atoms with E-state index in [1.165, 1.54) is 11.3 Å². The van der Waals surface area contributed by atoms with Gasteiger partial charge >= 0.3 is 0 Å². The number of hydrogen-bond acceptors (Lipinski definition) is 1. The first-order valence-electron chi connectivity index (χ1n) is 3.69. The summed E-state index contributed by atoms with van der Waals surface area (Å²) in [5.41, 5.74) is 3.65. The lowest BCUT2D eigenvalue weighted by Crippen LogP contribution is -1.94. The van der Waals surface area contributed by atoms with Crippen LogP contribution >= 0.6 is 0 Å². The summed E-state index contributed by atoms with van der Waals surface area (Å²) in [7, 11) is 0. The molecule has 0 N–H and O–H groups in total. The highest BCUT2D eigenvalue weighted by atomic mass is 15.2. The van der Waals surface area contributed by atoms with E-state index in [2.05, 4.69) is 31.1 Å². The Labute approximate surface area is 65.5 Å². The fraction of sp³-hybridized carbons (Fsp3) is 0.222. The summed E-state index contributed by atoms with van der Waals surface area (Å²) in [5, 5.41) is 4.20. The van der Waals surface area contributed by atoms with Crippen molar-refractivity contribution in [2.75, 3.05) is 0 Å². The lowest BCUT2D eigenvalue weighted by molar-refractivity contribution is 0.902. The lowest BCUT2D eigenvalue weighted by Gasteiger charge is -2.01. The fourth-order valence-electron chi connectivity index (χ4n) is 1.22. The van der Waals surface area contributed by atoms with Gasteiger partial charge in [0, 0.05) is 11.9 Å². The van der Waals surface area contributed by atoms with Gasteiger partial charge in [0.05, 0.1) is 5.52 Å². The summed E-state index contributed by atoms with van der Waals surface area (Å²) in [4.78, 5) is 0. The van der Waals surface area contributed by atoms with E-state index in [1.54, 1.807) is 0 Å². The fourth-order valence-corrected chi connectivity index (χ4v) is 1.22. The van der Waals surface area contributed by atoms with Gasteiger partial charge in [-0.3, -0.25) is 0 Å². The predicted molar refractivity (Wildman–Crippen MR) is 44.7 cm³/mol. The molecule has 0 amide bonds. The molecule has 0 bridgehead atoms. The van der Waals surface area contributed by atoms with Gasteiger partial charge in [-0.25, -0.2) is 4.52 Å². The van der Waals surface area contributed by atoms with Crippen molar-refractivity contribution in [3.63, 3.8) is 0 Å². The van der Waals surface area contributed by atoms with Crippen LogP contribution < -0.4 is 0 Å². The second-order valence-corrected chi connectivity index (χ2v) is 2.77. The highest BCUT2D eigenvalue weighted by molar-refractivity contribution is 5.47. The summed E-state index contributed by atoms with van der Waals surface area (Å²) < 4.78 is 1.95. The van der Waals surface area contributed by atoms with Crippen molar-refractivity contribution >= 4 is 5.52 Å². The minimum Gasteiger partial charge on any atom is -0.238 e. The molecule has 2 rings (SSSR count). The largest absolute Gasteiger partial charge is 0.238 e. The highest BCUT2D eigenvalue weighted by Crippen LogP contribution is 2.09. The number of aromatic nitrogens is 2. The average Bonchev–Trinajstić information content (AvgIpc) is 2.45. The number of aryl methyl sites for hydroxylation is 2. The first-order chi connectivity index (χ1) is 5.29. The molecule has 0 saturated heterocycles. The smallest absolute Gasteiger partial charge is 0.0664 e. The van der Waals surface area contributed by atoms with Crippen LogP contribution in [0.5, 0.6) is 0 Å². The summed E-state index contributed by atoms with van der Waals surface area (Å²) in [6.07, 6.45) is 1.82. The molecule has 11 heavy (non-hydrogen) atoms. The molecular weight excluding hydrogens is 136 g/mol. The number of pyridine rings is 1. The third kappa shape index (κ3) is 0.827. The van der Waals surface area contributed by atoms with E-state index in [0.717, 1.165) is 5.52 Å². The molecule has 0 unspecified atom stereocenters. The monoisotopic (exact) mass is 146 g/mol. The third-order valence-electron chi connectivity index (χ3n) is 2.06. The Kier molecular flexibility index (Phi) is 1.22. The molecule has 2 aromatic heterocycles. The zero-order chi connectivity index (χ0) is 7.84. The van der Waals surface area contributed by atoms with Gasteiger partial charge in [-0.1, -0.05) is 6.07 Å². The molecule has 0 aliphatic rings.